The quantitative estimate of drug-likeness (QED) is 0.329. The lowest BCUT2D eigenvalue weighted by Crippen LogP contribution is -2.46. The predicted molar refractivity (Wildman–Crippen MR) is 144 cm³/mol. The van der Waals surface area contributed by atoms with Gasteiger partial charge in [0, 0.05) is 17.8 Å². The molecule has 4 aromatic rings. The van der Waals surface area contributed by atoms with Gasteiger partial charge in [-0.25, -0.2) is 0 Å². The minimum Gasteiger partial charge on any atom is -0.351 e. The molecule has 0 bridgehead atoms. The van der Waals surface area contributed by atoms with Crippen molar-refractivity contribution < 1.29 is 4.52 Å². The summed E-state index contributed by atoms with van der Waals surface area (Å²) < 4.78 is 5.85. The smallest absolute Gasteiger partial charge is 0.258 e. The first-order valence-corrected chi connectivity index (χ1v) is 12.2. The van der Waals surface area contributed by atoms with Gasteiger partial charge in [-0.15, -0.1) is 0 Å². The molecule has 1 aliphatic heterocycles. The molecule has 2 heterocycles. The Morgan fingerprint density at radius 3 is 2.23 bits per heavy atom. The Labute approximate surface area is 211 Å². The Hall–Kier alpha value is -3.77. The van der Waals surface area contributed by atoms with E-state index in [2.05, 4.69) is 96.8 Å². The molecule has 1 unspecified atom stereocenters. The fourth-order valence-corrected chi connectivity index (χ4v) is 4.72. The minimum absolute atomic E-state index is 0.178. The Bertz CT molecular complexity index is 1360. The molecular weight excluding hydrogens is 452 g/mol. The highest BCUT2D eigenvalue weighted by Gasteiger charge is 2.34. The first kappa shape index (κ1) is 23.0. The highest BCUT2D eigenvalue weighted by Crippen LogP contribution is 2.37. The van der Waals surface area contributed by atoms with Crippen LogP contribution in [0.15, 0.2) is 89.1 Å². The number of nitrogens with one attached hydrogen (secondary N) is 1. The summed E-state index contributed by atoms with van der Waals surface area (Å²) in [6.07, 6.45) is 0.876. The molecular formula is C29H28N4OS. The summed E-state index contributed by atoms with van der Waals surface area (Å²) >= 11 is 5.83. The second-order valence-electron chi connectivity index (χ2n) is 8.97. The van der Waals surface area contributed by atoms with Gasteiger partial charge in [0.25, 0.3) is 5.89 Å². The van der Waals surface area contributed by atoms with Crippen molar-refractivity contribution in [3.8, 4) is 11.4 Å². The van der Waals surface area contributed by atoms with Gasteiger partial charge < -0.3 is 14.7 Å². The molecule has 0 spiro atoms. The van der Waals surface area contributed by atoms with Crippen molar-refractivity contribution in [2.45, 2.75) is 33.2 Å². The molecule has 0 saturated heterocycles. The van der Waals surface area contributed by atoms with Crippen LogP contribution in [-0.2, 0) is 6.42 Å². The highest BCUT2D eigenvalue weighted by molar-refractivity contribution is 7.80. The van der Waals surface area contributed by atoms with E-state index in [0.29, 0.717) is 16.8 Å². The van der Waals surface area contributed by atoms with E-state index < -0.39 is 0 Å². The van der Waals surface area contributed by atoms with Gasteiger partial charge >= 0.3 is 0 Å². The summed E-state index contributed by atoms with van der Waals surface area (Å²) in [6.45, 7) is 6.99. The minimum atomic E-state index is -0.178. The molecule has 1 aliphatic rings. The molecule has 1 atom stereocenters. The maximum Gasteiger partial charge on any atom is 0.258 e. The zero-order valence-electron chi connectivity index (χ0n) is 20.2. The van der Waals surface area contributed by atoms with Crippen LogP contribution >= 0.6 is 12.2 Å². The van der Waals surface area contributed by atoms with E-state index in [1.807, 2.05) is 18.2 Å². The Morgan fingerprint density at radius 2 is 1.54 bits per heavy atom. The first-order valence-electron chi connectivity index (χ1n) is 11.8. The largest absolute Gasteiger partial charge is 0.351 e. The van der Waals surface area contributed by atoms with Crippen LogP contribution < -0.4 is 5.32 Å². The first-order chi connectivity index (χ1) is 17.0. The molecule has 1 aromatic heterocycles. The molecule has 0 fully saturated rings. The third kappa shape index (κ3) is 4.88. The van der Waals surface area contributed by atoms with Gasteiger partial charge in [-0.2, -0.15) is 4.98 Å². The molecule has 35 heavy (non-hydrogen) atoms. The summed E-state index contributed by atoms with van der Waals surface area (Å²) in [5.74, 6) is 1.08. The van der Waals surface area contributed by atoms with Crippen LogP contribution in [-0.4, -0.2) is 26.7 Å². The predicted octanol–water partition coefficient (Wildman–Crippen LogP) is 6.26. The van der Waals surface area contributed by atoms with Gasteiger partial charge in [-0.05, 0) is 50.5 Å². The van der Waals surface area contributed by atoms with Gasteiger partial charge in [0.15, 0.2) is 5.11 Å². The zero-order chi connectivity index (χ0) is 24.4. The van der Waals surface area contributed by atoms with Crippen molar-refractivity contribution in [1.29, 1.82) is 0 Å². The Kier molecular flexibility index (Phi) is 6.47. The number of nitrogens with zero attached hydrogens (tertiary/aromatic N) is 3. The third-order valence-electron chi connectivity index (χ3n) is 6.44. The van der Waals surface area contributed by atoms with E-state index in [1.54, 1.807) is 0 Å². The van der Waals surface area contributed by atoms with E-state index in [1.165, 1.54) is 16.7 Å². The summed E-state index contributed by atoms with van der Waals surface area (Å²) in [5, 5.41) is 8.55. The summed E-state index contributed by atoms with van der Waals surface area (Å²) in [6, 6.07) is 26.9. The molecule has 5 rings (SSSR count). The average Bonchev–Trinajstić information content (AvgIpc) is 3.35. The van der Waals surface area contributed by atoms with Crippen molar-refractivity contribution >= 4 is 22.9 Å². The monoisotopic (exact) mass is 480 g/mol. The molecule has 1 N–H and O–H groups in total. The van der Waals surface area contributed by atoms with Crippen molar-refractivity contribution in [2.24, 2.45) is 0 Å². The number of aryl methyl sites for hydroxylation is 2. The number of aromatic nitrogens is 2. The zero-order valence-corrected chi connectivity index (χ0v) is 21.0. The Morgan fingerprint density at radius 1 is 0.886 bits per heavy atom. The summed E-state index contributed by atoms with van der Waals surface area (Å²) in [7, 11) is 0. The maximum absolute atomic E-state index is 5.85. The number of hydrogen-bond donors (Lipinski definition) is 1. The van der Waals surface area contributed by atoms with Crippen molar-refractivity contribution in [2.75, 3.05) is 6.54 Å². The van der Waals surface area contributed by atoms with E-state index in [4.69, 9.17) is 21.7 Å². The lowest BCUT2D eigenvalue weighted by molar-refractivity contribution is 0.397. The Balaban J connectivity index is 1.54. The number of allylic oxidation sites excluding steroid dienone is 1. The highest BCUT2D eigenvalue weighted by atomic mass is 32.1. The van der Waals surface area contributed by atoms with Crippen LogP contribution in [0.4, 0.5) is 0 Å². The number of thiocarbonyl (C=S) groups is 1. The van der Waals surface area contributed by atoms with Crippen molar-refractivity contribution in [3.63, 3.8) is 0 Å². The normalized spacial score (nSPS) is 15.9. The molecule has 0 amide bonds. The number of rotatable bonds is 6. The topological polar surface area (TPSA) is 54.2 Å². The van der Waals surface area contributed by atoms with E-state index in [9.17, 15) is 0 Å². The molecule has 6 heteroatoms. The van der Waals surface area contributed by atoms with Crippen LogP contribution in [0.3, 0.4) is 0 Å². The summed E-state index contributed by atoms with van der Waals surface area (Å²) in [4.78, 5) is 6.95. The van der Waals surface area contributed by atoms with E-state index >= 15 is 0 Å². The van der Waals surface area contributed by atoms with Gasteiger partial charge in [0.05, 0.1) is 11.6 Å². The standard InChI is InChI=1S/C29H28N4OS/c1-19-9-13-23(14-10-19)26-25(28-31-27(32-34-28)24-15-11-20(2)12-16-24)21(3)33(29(35)30-26)18-17-22-7-5-4-6-8-22/h4-16,26H,17-18H2,1-3H3,(H,30,35). The number of benzene rings is 3. The van der Waals surface area contributed by atoms with Crippen LogP contribution in [0.2, 0.25) is 0 Å². The molecule has 0 aliphatic carbocycles. The van der Waals surface area contributed by atoms with Crippen LogP contribution in [0, 0.1) is 13.8 Å². The fraction of sp³-hybridized carbons (Fsp3) is 0.207. The molecule has 176 valence electrons. The van der Waals surface area contributed by atoms with Gasteiger partial charge in [-0.1, -0.05) is 95.1 Å². The van der Waals surface area contributed by atoms with Crippen LogP contribution in [0.5, 0.6) is 0 Å². The summed E-state index contributed by atoms with van der Waals surface area (Å²) in [5.41, 5.74) is 7.66. The number of hydrogen-bond acceptors (Lipinski definition) is 4. The molecule has 5 nitrogen and oxygen atoms in total. The van der Waals surface area contributed by atoms with Gasteiger partial charge in [-0.3, -0.25) is 0 Å². The fourth-order valence-electron chi connectivity index (χ4n) is 4.37. The molecule has 3 aromatic carbocycles. The van der Waals surface area contributed by atoms with Gasteiger partial charge in [0.2, 0.25) is 5.82 Å². The second-order valence-corrected chi connectivity index (χ2v) is 9.36. The van der Waals surface area contributed by atoms with Crippen LogP contribution in [0.1, 0.15) is 41.1 Å². The molecule has 0 saturated carbocycles. The van der Waals surface area contributed by atoms with Gasteiger partial charge in [0.1, 0.15) is 0 Å². The third-order valence-corrected chi connectivity index (χ3v) is 6.78. The average molecular weight is 481 g/mol. The van der Waals surface area contributed by atoms with E-state index in [0.717, 1.165) is 35.4 Å². The lowest BCUT2D eigenvalue weighted by Gasteiger charge is -2.37. The molecule has 0 radical (unpaired) electrons. The lowest BCUT2D eigenvalue weighted by atomic mass is 9.94. The van der Waals surface area contributed by atoms with E-state index in [-0.39, 0.29) is 6.04 Å². The maximum atomic E-state index is 5.85. The SMILES string of the molecule is CC1=C(c2nc(-c3ccc(C)cc3)no2)C(c2ccc(C)cc2)NC(=S)N1CCc1ccccc1. The second kappa shape index (κ2) is 9.84. The van der Waals surface area contributed by atoms with Crippen LogP contribution in [0.25, 0.3) is 17.0 Å². The van der Waals surface area contributed by atoms with Crippen molar-refractivity contribution in [1.82, 2.24) is 20.4 Å². The van der Waals surface area contributed by atoms with Crippen molar-refractivity contribution in [3.05, 3.63) is 113 Å².